The minimum Gasteiger partial charge on any atom is -0.465 e. The lowest BCUT2D eigenvalue weighted by atomic mass is 10.3. The summed E-state index contributed by atoms with van der Waals surface area (Å²) in [6.07, 6.45) is 7.11. The summed E-state index contributed by atoms with van der Waals surface area (Å²) < 4.78 is 7.35. The van der Waals surface area contributed by atoms with E-state index in [1.54, 1.807) is 18.7 Å². The zero-order valence-electron chi connectivity index (χ0n) is 10.6. The van der Waals surface area contributed by atoms with Crippen molar-refractivity contribution in [3.63, 3.8) is 0 Å². The van der Waals surface area contributed by atoms with Crippen molar-refractivity contribution in [2.75, 3.05) is 5.32 Å². The summed E-state index contributed by atoms with van der Waals surface area (Å²) in [5, 5.41) is 3.27. The van der Waals surface area contributed by atoms with Gasteiger partial charge in [0.2, 0.25) is 0 Å². The van der Waals surface area contributed by atoms with Gasteiger partial charge in [0, 0.05) is 12.4 Å². The van der Waals surface area contributed by atoms with Crippen LogP contribution in [0.1, 0.15) is 11.5 Å². The molecule has 0 saturated carbocycles. The molecule has 5 heteroatoms. The molecule has 3 heterocycles. The third kappa shape index (κ3) is 2.65. The van der Waals surface area contributed by atoms with Gasteiger partial charge in [-0.2, -0.15) is 0 Å². The third-order valence-corrected chi connectivity index (χ3v) is 2.78. The lowest BCUT2D eigenvalue weighted by molar-refractivity contribution is 0.490. The molecule has 0 aliphatic rings. The van der Waals surface area contributed by atoms with Crippen LogP contribution >= 0.6 is 0 Å². The number of hydrogen-bond acceptors (Lipinski definition) is 4. The molecule has 0 saturated heterocycles. The van der Waals surface area contributed by atoms with Gasteiger partial charge in [-0.1, -0.05) is 0 Å². The van der Waals surface area contributed by atoms with Crippen molar-refractivity contribution in [1.82, 2.24) is 14.5 Å². The number of furan rings is 1. The topological polar surface area (TPSA) is 55.9 Å². The van der Waals surface area contributed by atoms with E-state index < -0.39 is 0 Å². The molecule has 0 aromatic carbocycles. The highest BCUT2D eigenvalue weighted by Gasteiger charge is 2.00. The van der Waals surface area contributed by atoms with Gasteiger partial charge < -0.3 is 9.73 Å². The molecule has 0 amide bonds. The van der Waals surface area contributed by atoms with Crippen LogP contribution in [0.3, 0.4) is 0 Å². The van der Waals surface area contributed by atoms with Gasteiger partial charge in [0.25, 0.3) is 0 Å². The van der Waals surface area contributed by atoms with Crippen molar-refractivity contribution in [3.8, 4) is 5.82 Å². The Morgan fingerprint density at radius 3 is 2.84 bits per heavy atom. The van der Waals surface area contributed by atoms with Crippen LogP contribution in [0.15, 0.2) is 53.6 Å². The van der Waals surface area contributed by atoms with Crippen LogP contribution in [0, 0.1) is 6.92 Å². The molecule has 3 rings (SSSR count). The number of anilines is 1. The lowest BCUT2D eigenvalue weighted by Crippen LogP contribution is -2.00. The second-order valence-electron chi connectivity index (χ2n) is 4.24. The van der Waals surface area contributed by atoms with Crippen LogP contribution in [-0.2, 0) is 6.54 Å². The monoisotopic (exact) mass is 254 g/mol. The number of hydrogen-bond donors (Lipinski definition) is 1. The Hall–Kier alpha value is -2.56. The van der Waals surface area contributed by atoms with Crippen molar-refractivity contribution in [1.29, 1.82) is 0 Å². The van der Waals surface area contributed by atoms with Gasteiger partial charge in [-0.15, -0.1) is 0 Å². The van der Waals surface area contributed by atoms with Gasteiger partial charge in [-0.05, 0) is 31.2 Å². The van der Waals surface area contributed by atoms with E-state index in [0.29, 0.717) is 6.54 Å². The molecule has 0 aliphatic heterocycles. The molecule has 19 heavy (non-hydrogen) atoms. The van der Waals surface area contributed by atoms with Crippen LogP contribution in [0.4, 0.5) is 5.69 Å². The first-order valence-corrected chi connectivity index (χ1v) is 6.05. The SMILES string of the molecule is Cc1ccc(CNc2ccc(-n3ccnc3)nc2)o1. The van der Waals surface area contributed by atoms with E-state index in [1.807, 2.05) is 42.0 Å². The summed E-state index contributed by atoms with van der Waals surface area (Å²) in [5.41, 5.74) is 0.956. The summed E-state index contributed by atoms with van der Waals surface area (Å²) in [6.45, 7) is 2.59. The first-order chi connectivity index (χ1) is 9.31. The van der Waals surface area contributed by atoms with Crippen LogP contribution in [0.25, 0.3) is 5.82 Å². The van der Waals surface area contributed by atoms with E-state index in [9.17, 15) is 0 Å². The predicted octanol–water partition coefficient (Wildman–Crippen LogP) is 2.78. The number of nitrogens with zero attached hydrogens (tertiary/aromatic N) is 3. The second-order valence-corrected chi connectivity index (χ2v) is 4.24. The van der Waals surface area contributed by atoms with Gasteiger partial charge >= 0.3 is 0 Å². The first-order valence-electron chi connectivity index (χ1n) is 6.05. The molecule has 3 aromatic heterocycles. The molecular weight excluding hydrogens is 240 g/mol. The van der Waals surface area contributed by atoms with Gasteiger partial charge in [0.05, 0.1) is 18.4 Å². The molecule has 3 aromatic rings. The molecule has 0 aliphatic carbocycles. The molecule has 96 valence electrons. The van der Waals surface area contributed by atoms with Crippen molar-refractivity contribution < 1.29 is 4.42 Å². The van der Waals surface area contributed by atoms with Gasteiger partial charge in [0.15, 0.2) is 0 Å². The fraction of sp³-hybridized carbons (Fsp3) is 0.143. The van der Waals surface area contributed by atoms with E-state index in [1.165, 1.54) is 0 Å². The lowest BCUT2D eigenvalue weighted by Gasteiger charge is -2.05. The Morgan fingerprint density at radius 1 is 1.26 bits per heavy atom. The molecule has 0 spiro atoms. The standard InChI is InChI=1S/C14H14N4O/c1-11-2-4-13(19-11)9-16-12-3-5-14(17-8-12)18-7-6-15-10-18/h2-8,10,16H,9H2,1H3. The summed E-state index contributed by atoms with van der Waals surface area (Å²) >= 11 is 0. The van der Waals surface area contributed by atoms with E-state index in [0.717, 1.165) is 23.0 Å². The molecule has 1 N–H and O–H groups in total. The number of pyridine rings is 1. The van der Waals surface area contributed by atoms with Gasteiger partial charge in [-0.25, -0.2) is 9.97 Å². The van der Waals surface area contributed by atoms with Crippen molar-refractivity contribution in [2.45, 2.75) is 13.5 Å². The first kappa shape index (κ1) is 11.5. The predicted molar refractivity (Wildman–Crippen MR) is 72.1 cm³/mol. The zero-order chi connectivity index (χ0) is 13.1. The van der Waals surface area contributed by atoms with Crippen LogP contribution in [0.5, 0.6) is 0 Å². The smallest absolute Gasteiger partial charge is 0.137 e. The Balaban J connectivity index is 1.66. The van der Waals surface area contributed by atoms with Crippen LogP contribution < -0.4 is 5.32 Å². The Bertz CT molecular complexity index is 640. The molecule has 0 radical (unpaired) electrons. The van der Waals surface area contributed by atoms with Crippen molar-refractivity contribution >= 4 is 5.69 Å². The highest BCUT2D eigenvalue weighted by Crippen LogP contribution is 2.12. The minimum atomic E-state index is 0.653. The molecule has 0 unspecified atom stereocenters. The number of nitrogens with one attached hydrogen (secondary N) is 1. The summed E-state index contributed by atoms with van der Waals surface area (Å²) in [7, 11) is 0. The summed E-state index contributed by atoms with van der Waals surface area (Å²) in [5.74, 6) is 2.68. The minimum absolute atomic E-state index is 0.653. The van der Waals surface area contributed by atoms with E-state index in [-0.39, 0.29) is 0 Å². The highest BCUT2D eigenvalue weighted by molar-refractivity contribution is 5.43. The fourth-order valence-electron chi connectivity index (χ4n) is 1.81. The molecule has 0 bridgehead atoms. The normalized spacial score (nSPS) is 10.6. The summed E-state index contributed by atoms with van der Waals surface area (Å²) in [6, 6.07) is 7.85. The van der Waals surface area contributed by atoms with E-state index in [2.05, 4.69) is 15.3 Å². The average Bonchev–Trinajstić information content (AvgIpc) is 3.08. The Kier molecular flexibility index (Phi) is 3.02. The molecule has 0 atom stereocenters. The largest absolute Gasteiger partial charge is 0.465 e. The van der Waals surface area contributed by atoms with E-state index >= 15 is 0 Å². The maximum Gasteiger partial charge on any atom is 0.137 e. The number of aryl methyl sites for hydroxylation is 1. The third-order valence-electron chi connectivity index (χ3n) is 2.78. The van der Waals surface area contributed by atoms with Crippen LogP contribution in [-0.4, -0.2) is 14.5 Å². The molecular formula is C14H14N4O. The number of aromatic nitrogens is 3. The Morgan fingerprint density at radius 2 is 2.21 bits per heavy atom. The molecule has 0 fully saturated rings. The number of rotatable bonds is 4. The summed E-state index contributed by atoms with van der Waals surface area (Å²) in [4.78, 5) is 8.36. The second kappa shape index (κ2) is 4.97. The fourth-order valence-corrected chi connectivity index (χ4v) is 1.81. The van der Waals surface area contributed by atoms with Gasteiger partial charge in [0.1, 0.15) is 23.7 Å². The zero-order valence-corrected chi connectivity index (χ0v) is 10.6. The maximum atomic E-state index is 5.49. The number of imidazole rings is 1. The molecule has 5 nitrogen and oxygen atoms in total. The van der Waals surface area contributed by atoms with Crippen molar-refractivity contribution in [2.24, 2.45) is 0 Å². The quantitative estimate of drug-likeness (QED) is 0.777. The van der Waals surface area contributed by atoms with Gasteiger partial charge in [-0.3, -0.25) is 4.57 Å². The average molecular weight is 254 g/mol. The van der Waals surface area contributed by atoms with E-state index in [4.69, 9.17) is 4.42 Å². The Labute approximate surface area is 110 Å². The van der Waals surface area contributed by atoms with Crippen molar-refractivity contribution in [3.05, 3.63) is 60.7 Å². The highest BCUT2D eigenvalue weighted by atomic mass is 16.3. The van der Waals surface area contributed by atoms with Crippen LogP contribution in [0.2, 0.25) is 0 Å². The maximum absolute atomic E-state index is 5.49.